The average Bonchev–Trinajstić information content (AvgIpc) is 2.99. The maximum Gasteiger partial charge on any atom is 0.0771 e. The van der Waals surface area contributed by atoms with Gasteiger partial charge in [-0.15, -0.1) is 0 Å². The molecule has 0 aromatic carbocycles. The maximum absolute atomic E-state index is 10.3. The third kappa shape index (κ3) is 2.71. The van der Waals surface area contributed by atoms with Crippen molar-refractivity contribution in [3.05, 3.63) is 0 Å². The number of aliphatic hydroxyl groups is 1. The van der Waals surface area contributed by atoms with Crippen LogP contribution in [-0.4, -0.2) is 23.3 Å². The molecule has 0 bridgehead atoms. The first-order valence-electron chi connectivity index (χ1n) is 6.15. The summed E-state index contributed by atoms with van der Waals surface area (Å²) >= 11 is 0. The lowest BCUT2D eigenvalue weighted by atomic mass is 9.84. The molecular formula is C12H23NO. The van der Waals surface area contributed by atoms with Crippen LogP contribution in [0, 0.1) is 5.92 Å². The largest absolute Gasteiger partial charge is 0.389 e. The lowest BCUT2D eigenvalue weighted by molar-refractivity contribution is 0.00256. The van der Waals surface area contributed by atoms with E-state index in [1.165, 1.54) is 32.1 Å². The van der Waals surface area contributed by atoms with Gasteiger partial charge in [0.05, 0.1) is 5.60 Å². The molecule has 2 fully saturated rings. The minimum absolute atomic E-state index is 0.387. The highest BCUT2D eigenvalue weighted by Crippen LogP contribution is 2.33. The second-order valence-corrected chi connectivity index (χ2v) is 5.29. The Morgan fingerprint density at radius 1 is 1.29 bits per heavy atom. The van der Waals surface area contributed by atoms with Gasteiger partial charge in [0.1, 0.15) is 0 Å². The fraction of sp³-hybridized carbons (Fsp3) is 1.00. The molecule has 2 heteroatoms. The normalized spacial score (nSPS) is 28.7. The van der Waals surface area contributed by atoms with Crippen LogP contribution in [0.15, 0.2) is 0 Å². The summed E-state index contributed by atoms with van der Waals surface area (Å²) in [5.41, 5.74) is -0.387. The summed E-state index contributed by atoms with van der Waals surface area (Å²) in [4.78, 5) is 0. The van der Waals surface area contributed by atoms with Gasteiger partial charge in [-0.3, -0.25) is 0 Å². The van der Waals surface area contributed by atoms with Gasteiger partial charge in [-0.25, -0.2) is 0 Å². The summed E-state index contributed by atoms with van der Waals surface area (Å²) in [6, 6.07) is 0.612. The third-order valence-electron chi connectivity index (χ3n) is 3.87. The second-order valence-electron chi connectivity index (χ2n) is 5.29. The molecule has 82 valence electrons. The fourth-order valence-corrected chi connectivity index (χ4v) is 2.50. The van der Waals surface area contributed by atoms with E-state index in [1.807, 2.05) is 0 Å². The molecule has 2 saturated carbocycles. The Morgan fingerprint density at radius 2 is 1.93 bits per heavy atom. The van der Waals surface area contributed by atoms with Gasteiger partial charge >= 0.3 is 0 Å². The van der Waals surface area contributed by atoms with Crippen molar-refractivity contribution in [2.24, 2.45) is 5.92 Å². The van der Waals surface area contributed by atoms with Gasteiger partial charge in [-0.1, -0.05) is 19.3 Å². The Balaban J connectivity index is 1.71. The van der Waals surface area contributed by atoms with Gasteiger partial charge in [0.2, 0.25) is 0 Å². The first kappa shape index (κ1) is 10.4. The van der Waals surface area contributed by atoms with Crippen molar-refractivity contribution in [1.29, 1.82) is 0 Å². The fourth-order valence-electron chi connectivity index (χ4n) is 2.50. The molecule has 0 spiro atoms. The van der Waals surface area contributed by atoms with Crippen LogP contribution in [0.5, 0.6) is 0 Å². The zero-order valence-corrected chi connectivity index (χ0v) is 9.26. The van der Waals surface area contributed by atoms with E-state index in [0.29, 0.717) is 6.04 Å². The summed E-state index contributed by atoms with van der Waals surface area (Å²) in [5.74, 6) is 0.891. The molecule has 0 heterocycles. The highest BCUT2D eigenvalue weighted by molar-refractivity contribution is 4.89. The van der Waals surface area contributed by atoms with Gasteiger partial charge < -0.3 is 10.4 Å². The van der Waals surface area contributed by atoms with Crippen molar-refractivity contribution < 1.29 is 5.11 Å². The first-order chi connectivity index (χ1) is 6.70. The van der Waals surface area contributed by atoms with Crippen molar-refractivity contribution in [3.8, 4) is 0 Å². The molecule has 0 saturated heterocycles. The molecule has 2 nitrogen and oxygen atoms in total. The second kappa shape index (κ2) is 4.19. The van der Waals surface area contributed by atoms with Crippen molar-refractivity contribution in [2.75, 3.05) is 6.54 Å². The summed E-state index contributed by atoms with van der Waals surface area (Å²) in [7, 11) is 0. The van der Waals surface area contributed by atoms with Crippen LogP contribution in [-0.2, 0) is 0 Å². The van der Waals surface area contributed by atoms with Crippen LogP contribution in [0.3, 0.4) is 0 Å². The quantitative estimate of drug-likeness (QED) is 0.723. The van der Waals surface area contributed by atoms with Gasteiger partial charge in [0.25, 0.3) is 0 Å². The van der Waals surface area contributed by atoms with E-state index in [-0.39, 0.29) is 5.60 Å². The third-order valence-corrected chi connectivity index (χ3v) is 3.87. The van der Waals surface area contributed by atoms with Crippen molar-refractivity contribution in [1.82, 2.24) is 5.32 Å². The Hall–Kier alpha value is -0.0800. The monoisotopic (exact) mass is 197 g/mol. The van der Waals surface area contributed by atoms with Crippen LogP contribution in [0.4, 0.5) is 0 Å². The van der Waals surface area contributed by atoms with Crippen LogP contribution >= 0.6 is 0 Å². The van der Waals surface area contributed by atoms with Gasteiger partial charge in [0.15, 0.2) is 0 Å². The van der Waals surface area contributed by atoms with Crippen LogP contribution in [0.2, 0.25) is 0 Å². The summed E-state index contributed by atoms with van der Waals surface area (Å²) in [5, 5.41) is 13.8. The van der Waals surface area contributed by atoms with E-state index in [4.69, 9.17) is 0 Å². The van der Waals surface area contributed by atoms with Gasteiger partial charge in [-0.2, -0.15) is 0 Å². The predicted octanol–water partition coefficient (Wildman–Crippen LogP) is 2.07. The molecule has 14 heavy (non-hydrogen) atoms. The van der Waals surface area contributed by atoms with Gasteiger partial charge in [0, 0.05) is 12.6 Å². The molecule has 2 N–H and O–H groups in total. The number of nitrogens with one attached hydrogen (secondary N) is 1. The molecule has 0 amide bonds. The number of hydrogen-bond donors (Lipinski definition) is 2. The Kier molecular flexibility index (Phi) is 3.13. The van der Waals surface area contributed by atoms with Crippen LogP contribution in [0.1, 0.15) is 51.9 Å². The van der Waals surface area contributed by atoms with E-state index in [2.05, 4.69) is 12.2 Å². The molecule has 0 aromatic heterocycles. The maximum atomic E-state index is 10.3. The highest BCUT2D eigenvalue weighted by Gasteiger charge is 2.32. The lowest BCUT2D eigenvalue weighted by Gasteiger charge is -2.33. The zero-order valence-electron chi connectivity index (χ0n) is 9.26. The van der Waals surface area contributed by atoms with Gasteiger partial charge in [-0.05, 0) is 38.5 Å². The van der Waals surface area contributed by atoms with Crippen molar-refractivity contribution in [3.63, 3.8) is 0 Å². The van der Waals surface area contributed by atoms with E-state index >= 15 is 0 Å². The average molecular weight is 197 g/mol. The summed E-state index contributed by atoms with van der Waals surface area (Å²) < 4.78 is 0. The summed E-state index contributed by atoms with van der Waals surface area (Å²) in [6.07, 6.45) is 8.47. The molecule has 0 aliphatic heterocycles. The molecular weight excluding hydrogens is 174 g/mol. The van der Waals surface area contributed by atoms with E-state index < -0.39 is 0 Å². The summed E-state index contributed by atoms with van der Waals surface area (Å²) in [6.45, 7) is 3.06. The Bertz CT molecular complexity index is 183. The minimum atomic E-state index is -0.387. The SMILES string of the molecule is C[C@@H](NCC1(O)CCCCC1)C1CC1. The predicted molar refractivity (Wildman–Crippen MR) is 58.2 cm³/mol. The van der Waals surface area contributed by atoms with Crippen LogP contribution < -0.4 is 5.32 Å². The van der Waals surface area contributed by atoms with Crippen LogP contribution in [0.25, 0.3) is 0 Å². The molecule has 2 aliphatic rings. The molecule has 2 rings (SSSR count). The number of rotatable bonds is 4. The molecule has 0 radical (unpaired) electrons. The standard InChI is InChI=1S/C12H23NO/c1-10(11-5-6-11)13-9-12(14)7-3-2-4-8-12/h10-11,13-14H,2-9H2,1H3/t10-/m1/s1. The van der Waals surface area contributed by atoms with E-state index in [1.54, 1.807) is 0 Å². The molecule has 1 atom stereocenters. The van der Waals surface area contributed by atoms with E-state index in [0.717, 1.165) is 25.3 Å². The topological polar surface area (TPSA) is 32.3 Å². The van der Waals surface area contributed by atoms with Crippen molar-refractivity contribution >= 4 is 0 Å². The minimum Gasteiger partial charge on any atom is -0.389 e. The smallest absolute Gasteiger partial charge is 0.0771 e. The first-order valence-corrected chi connectivity index (χ1v) is 6.15. The highest BCUT2D eigenvalue weighted by atomic mass is 16.3. The van der Waals surface area contributed by atoms with E-state index in [9.17, 15) is 5.11 Å². The number of hydrogen-bond acceptors (Lipinski definition) is 2. The molecule has 0 unspecified atom stereocenters. The van der Waals surface area contributed by atoms with Crippen molar-refractivity contribution in [2.45, 2.75) is 63.5 Å². The zero-order chi connectivity index (χ0) is 10.0. The molecule has 0 aromatic rings. The Morgan fingerprint density at radius 3 is 2.50 bits per heavy atom. The molecule has 2 aliphatic carbocycles. The lowest BCUT2D eigenvalue weighted by Crippen LogP contribution is -2.45. The Labute approximate surface area is 87.1 Å².